The highest BCUT2D eigenvalue weighted by molar-refractivity contribution is 14.1. The van der Waals surface area contributed by atoms with Crippen LogP contribution in [0.15, 0.2) is 28.7 Å². The summed E-state index contributed by atoms with van der Waals surface area (Å²) >= 11 is 7.25. The molecule has 0 saturated heterocycles. The van der Waals surface area contributed by atoms with Crippen LogP contribution in [0.2, 0.25) is 0 Å². The molecule has 0 radical (unpaired) electrons. The van der Waals surface area contributed by atoms with Gasteiger partial charge < -0.3 is 14.0 Å². The summed E-state index contributed by atoms with van der Waals surface area (Å²) < 4.78 is 22.2. The van der Waals surface area contributed by atoms with Crippen molar-refractivity contribution >= 4 is 45.8 Å². The van der Waals surface area contributed by atoms with Gasteiger partial charge in [0.25, 0.3) is 0 Å². The first-order valence-electron chi connectivity index (χ1n) is 5.67. The number of halogens is 2. The number of imidazole rings is 1. The minimum Gasteiger partial charge on any atom is -0.464 e. The molecule has 3 rings (SSSR count). The van der Waals surface area contributed by atoms with E-state index in [1.54, 1.807) is 6.07 Å². The number of benzene rings is 1. The number of fused-ring (bicyclic) bond motifs is 1. The zero-order valence-corrected chi connectivity index (χ0v) is 13.0. The molecule has 6 heteroatoms. The Hall–Kier alpha value is -1.15. The van der Waals surface area contributed by atoms with Crippen LogP contribution < -0.4 is 0 Å². The monoisotopic (exact) mass is 388 g/mol. The molecule has 19 heavy (non-hydrogen) atoms. The third kappa shape index (κ3) is 2.34. The van der Waals surface area contributed by atoms with Crippen LogP contribution >= 0.6 is 34.8 Å². The number of furan rings is 1. The van der Waals surface area contributed by atoms with E-state index in [-0.39, 0.29) is 5.82 Å². The molecule has 0 unspecified atom stereocenters. The van der Waals surface area contributed by atoms with Gasteiger partial charge in [-0.1, -0.05) is 0 Å². The lowest BCUT2D eigenvalue weighted by Gasteiger charge is -2.02. The van der Waals surface area contributed by atoms with Crippen molar-refractivity contribution in [2.24, 2.45) is 0 Å². The number of rotatable bonds is 2. The minimum atomic E-state index is -0.244. The summed E-state index contributed by atoms with van der Waals surface area (Å²) in [4.78, 5) is 3.09. The van der Waals surface area contributed by atoms with Crippen LogP contribution in [0.1, 0.15) is 11.5 Å². The molecule has 1 N–H and O–H groups in total. The smallest absolute Gasteiger partial charge is 0.178 e. The molecular weight excluding hydrogens is 378 g/mol. The van der Waals surface area contributed by atoms with Crippen LogP contribution in [0.25, 0.3) is 11.0 Å². The molecule has 0 fully saturated rings. The maximum Gasteiger partial charge on any atom is 0.178 e. The van der Waals surface area contributed by atoms with Crippen LogP contribution in [-0.2, 0) is 6.54 Å². The molecule has 0 aliphatic rings. The van der Waals surface area contributed by atoms with Crippen molar-refractivity contribution in [3.8, 4) is 0 Å². The highest BCUT2D eigenvalue weighted by atomic mass is 127. The number of aromatic nitrogens is 2. The first-order chi connectivity index (χ1) is 9.04. The van der Waals surface area contributed by atoms with Gasteiger partial charge in [0, 0.05) is 6.07 Å². The average molecular weight is 388 g/mol. The molecular formula is C13H10FIN2OS. The van der Waals surface area contributed by atoms with Gasteiger partial charge in [-0.05, 0) is 59.9 Å². The molecule has 1 aromatic carbocycles. The van der Waals surface area contributed by atoms with Gasteiger partial charge in [-0.15, -0.1) is 0 Å². The van der Waals surface area contributed by atoms with Gasteiger partial charge >= 0.3 is 0 Å². The summed E-state index contributed by atoms with van der Waals surface area (Å²) in [5.74, 6) is 1.40. The molecule has 98 valence electrons. The Bertz CT molecular complexity index is 818. The molecule has 0 bridgehead atoms. The quantitative estimate of drug-likeness (QED) is 0.522. The third-order valence-corrected chi connectivity index (χ3v) is 4.08. The van der Waals surface area contributed by atoms with Crippen LogP contribution in [-0.4, -0.2) is 9.55 Å². The fourth-order valence-corrected chi connectivity index (χ4v) is 2.77. The number of H-pyrrole nitrogens is 1. The first-order valence-corrected chi connectivity index (χ1v) is 7.16. The molecule has 3 aromatic rings. The predicted octanol–water partition coefficient (Wildman–Crippen LogP) is 4.39. The van der Waals surface area contributed by atoms with E-state index in [0.29, 0.717) is 14.9 Å². The number of hydrogen-bond donors (Lipinski definition) is 1. The van der Waals surface area contributed by atoms with Gasteiger partial charge in [-0.25, -0.2) is 4.39 Å². The summed E-state index contributed by atoms with van der Waals surface area (Å²) in [6.45, 7) is 2.38. The van der Waals surface area contributed by atoms with Crippen LogP contribution in [0.5, 0.6) is 0 Å². The van der Waals surface area contributed by atoms with Gasteiger partial charge in [0.1, 0.15) is 17.3 Å². The largest absolute Gasteiger partial charge is 0.464 e. The van der Waals surface area contributed by atoms with Crippen molar-refractivity contribution in [3.05, 3.63) is 49.9 Å². The van der Waals surface area contributed by atoms with Crippen molar-refractivity contribution < 1.29 is 8.81 Å². The van der Waals surface area contributed by atoms with E-state index in [4.69, 9.17) is 16.6 Å². The Morgan fingerprint density at radius 3 is 2.89 bits per heavy atom. The fraction of sp³-hybridized carbons (Fsp3) is 0.154. The molecule has 0 saturated carbocycles. The lowest BCUT2D eigenvalue weighted by Crippen LogP contribution is -1.98. The van der Waals surface area contributed by atoms with E-state index < -0.39 is 0 Å². The Labute approximate surface area is 127 Å². The van der Waals surface area contributed by atoms with Gasteiger partial charge in [-0.3, -0.25) is 0 Å². The predicted molar refractivity (Wildman–Crippen MR) is 82.3 cm³/mol. The van der Waals surface area contributed by atoms with Gasteiger partial charge in [0.2, 0.25) is 0 Å². The van der Waals surface area contributed by atoms with Crippen molar-refractivity contribution in [2.75, 3.05) is 0 Å². The van der Waals surface area contributed by atoms with E-state index in [1.807, 2.05) is 46.2 Å². The lowest BCUT2D eigenvalue weighted by molar-refractivity contribution is 0.471. The van der Waals surface area contributed by atoms with Crippen molar-refractivity contribution in [2.45, 2.75) is 13.5 Å². The van der Waals surface area contributed by atoms with Crippen LogP contribution in [0, 0.1) is 21.1 Å². The van der Waals surface area contributed by atoms with Crippen molar-refractivity contribution in [1.29, 1.82) is 0 Å². The van der Waals surface area contributed by atoms with E-state index in [9.17, 15) is 4.39 Å². The number of hydrogen-bond acceptors (Lipinski definition) is 2. The molecule has 2 heterocycles. The number of aromatic amines is 1. The van der Waals surface area contributed by atoms with Gasteiger partial charge in [0.15, 0.2) is 4.77 Å². The highest BCUT2D eigenvalue weighted by Crippen LogP contribution is 2.22. The van der Waals surface area contributed by atoms with E-state index in [1.165, 1.54) is 6.07 Å². The fourth-order valence-electron chi connectivity index (χ4n) is 2.03. The van der Waals surface area contributed by atoms with Crippen molar-refractivity contribution in [1.82, 2.24) is 9.55 Å². The van der Waals surface area contributed by atoms with Crippen LogP contribution in [0.3, 0.4) is 0 Å². The van der Waals surface area contributed by atoms with Gasteiger partial charge in [0.05, 0.1) is 21.1 Å². The Kier molecular flexibility index (Phi) is 3.22. The number of nitrogens with one attached hydrogen (secondary N) is 1. The summed E-state index contributed by atoms with van der Waals surface area (Å²) in [7, 11) is 0. The number of aryl methyl sites for hydroxylation is 1. The zero-order chi connectivity index (χ0) is 13.6. The summed E-state index contributed by atoms with van der Waals surface area (Å²) in [6, 6.07) is 7.06. The molecule has 0 spiro atoms. The molecule has 0 atom stereocenters. The number of nitrogens with zero attached hydrogens (tertiary/aromatic N) is 1. The SMILES string of the molecule is Cc1ccc(Cn2c(=S)[nH]c3cc(I)c(F)cc32)o1. The second-order valence-corrected chi connectivity index (χ2v) is 5.86. The van der Waals surface area contributed by atoms with E-state index >= 15 is 0 Å². The standard InChI is InChI=1S/C13H10FIN2OS/c1-7-2-3-8(18-7)6-17-12-4-9(14)10(15)5-11(12)16-13(17)19/h2-5H,6H2,1H3,(H,16,19). The second kappa shape index (κ2) is 4.75. The molecule has 0 aliphatic heterocycles. The average Bonchev–Trinajstić information content (AvgIpc) is 2.87. The Morgan fingerprint density at radius 1 is 1.42 bits per heavy atom. The normalized spacial score (nSPS) is 11.3. The molecule has 0 amide bonds. The zero-order valence-electron chi connectivity index (χ0n) is 10.0. The molecule has 2 aromatic heterocycles. The van der Waals surface area contributed by atoms with E-state index in [2.05, 4.69) is 4.98 Å². The summed E-state index contributed by atoms with van der Waals surface area (Å²) in [5.41, 5.74) is 1.58. The maximum absolute atomic E-state index is 13.7. The first kappa shape index (κ1) is 12.9. The van der Waals surface area contributed by atoms with Crippen LogP contribution in [0.4, 0.5) is 4.39 Å². The maximum atomic E-state index is 13.7. The van der Waals surface area contributed by atoms with Crippen molar-refractivity contribution in [3.63, 3.8) is 0 Å². The summed E-state index contributed by atoms with van der Waals surface area (Å²) in [6.07, 6.45) is 0. The molecule has 3 nitrogen and oxygen atoms in total. The topological polar surface area (TPSA) is 33.9 Å². The lowest BCUT2D eigenvalue weighted by atomic mass is 10.3. The minimum absolute atomic E-state index is 0.244. The Morgan fingerprint density at radius 2 is 2.21 bits per heavy atom. The van der Waals surface area contributed by atoms with E-state index in [0.717, 1.165) is 22.6 Å². The summed E-state index contributed by atoms with van der Waals surface area (Å²) in [5, 5.41) is 0. The highest BCUT2D eigenvalue weighted by Gasteiger charge is 2.10. The Balaban J connectivity index is 2.15. The second-order valence-electron chi connectivity index (χ2n) is 4.31. The third-order valence-electron chi connectivity index (χ3n) is 2.93. The molecule has 0 aliphatic carbocycles. The van der Waals surface area contributed by atoms with Gasteiger partial charge in [-0.2, -0.15) is 0 Å².